The van der Waals surface area contributed by atoms with Crippen molar-refractivity contribution in [2.24, 2.45) is 12.8 Å². The molecule has 0 atom stereocenters. The van der Waals surface area contributed by atoms with Gasteiger partial charge in [-0.15, -0.1) is 0 Å². The van der Waals surface area contributed by atoms with Crippen LogP contribution in [-0.2, 0) is 18.3 Å². The molecule has 0 unspecified atom stereocenters. The Morgan fingerprint density at radius 3 is 2.45 bits per heavy atom. The molecule has 0 saturated heterocycles. The van der Waals surface area contributed by atoms with Crippen LogP contribution in [0.2, 0.25) is 0 Å². The van der Waals surface area contributed by atoms with E-state index in [1.165, 1.54) is 9.58 Å². The molecule has 1 aromatic rings. The molecule has 7 heteroatoms. The van der Waals surface area contributed by atoms with E-state index in [1.54, 1.807) is 7.05 Å². The van der Waals surface area contributed by atoms with Crippen LogP contribution in [-0.4, -0.2) is 39.6 Å². The summed E-state index contributed by atoms with van der Waals surface area (Å²) in [5.74, 6) is -0.838. The molecule has 4 N–H and O–H groups in total. The Labute approximate surface area is 118 Å². The summed E-state index contributed by atoms with van der Waals surface area (Å²) in [5, 5.41) is 4.22. The fraction of sp³-hybridized carbons (Fsp3) is 0.615. The molecule has 0 fully saturated rings. The van der Waals surface area contributed by atoms with Crippen molar-refractivity contribution in [3.63, 3.8) is 0 Å². The molecule has 2 amide bonds. The van der Waals surface area contributed by atoms with Gasteiger partial charge in [0.2, 0.25) is 5.91 Å². The summed E-state index contributed by atoms with van der Waals surface area (Å²) in [6.45, 7) is 4.31. The van der Waals surface area contributed by atoms with E-state index in [2.05, 4.69) is 5.10 Å². The Bertz CT molecular complexity index is 495. The first kappa shape index (κ1) is 16.0. The van der Waals surface area contributed by atoms with Crippen molar-refractivity contribution < 1.29 is 9.59 Å². The number of carbonyl (C=O) groups is 2. The molecule has 0 aliphatic carbocycles. The van der Waals surface area contributed by atoms with Crippen LogP contribution in [0.15, 0.2) is 0 Å². The van der Waals surface area contributed by atoms with Crippen LogP contribution in [0.3, 0.4) is 0 Å². The minimum Gasteiger partial charge on any atom is -0.395 e. The molecule has 0 bridgehead atoms. The fourth-order valence-electron chi connectivity index (χ4n) is 2.05. The SMILES string of the molecule is CCCCN(CC(N)=O)C(=O)c1c(N)c(CC)nn1C. The van der Waals surface area contributed by atoms with E-state index in [0.29, 0.717) is 30.0 Å². The number of primary amides is 1. The van der Waals surface area contributed by atoms with Crippen LogP contribution < -0.4 is 11.5 Å². The second-order valence-corrected chi connectivity index (χ2v) is 4.73. The zero-order valence-electron chi connectivity index (χ0n) is 12.3. The van der Waals surface area contributed by atoms with Crippen molar-refractivity contribution in [3.05, 3.63) is 11.4 Å². The first-order chi connectivity index (χ1) is 9.42. The van der Waals surface area contributed by atoms with Crippen LogP contribution in [0, 0.1) is 0 Å². The minimum atomic E-state index is -0.536. The maximum absolute atomic E-state index is 12.5. The number of nitrogens with two attached hydrogens (primary N) is 2. The summed E-state index contributed by atoms with van der Waals surface area (Å²) in [5.41, 5.74) is 12.6. The number of anilines is 1. The van der Waals surface area contributed by atoms with Crippen LogP contribution in [0.5, 0.6) is 0 Å². The molecule has 1 heterocycles. The van der Waals surface area contributed by atoms with Crippen LogP contribution in [0.25, 0.3) is 0 Å². The number of nitrogens with zero attached hydrogens (tertiary/aromatic N) is 3. The van der Waals surface area contributed by atoms with Gasteiger partial charge in [0.1, 0.15) is 5.69 Å². The third kappa shape index (κ3) is 3.49. The van der Waals surface area contributed by atoms with Gasteiger partial charge in [0, 0.05) is 13.6 Å². The van der Waals surface area contributed by atoms with Crippen molar-refractivity contribution in [1.82, 2.24) is 14.7 Å². The van der Waals surface area contributed by atoms with Gasteiger partial charge in [0.25, 0.3) is 5.91 Å². The predicted molar refractivity (Wildman–Crippen MR) is 77.0 cm³/mol. The summed E-state index contributed by atoms with van der Waals surface area (Å²) in [7, 11) is 1.67. The quantitative estimate of drug-likeness (QED) is 0.749. The third-order valence-electron chi connectivity index (χ3n) is 3.11. The van der Waals surface area contributed by atoms with Gasteiger partial charge in [0.15, 0.2) is 0 Å². The van der Waals surface area contributed by atoms with E-state index in [1.807, 2.05) is 13.8 Å². The molecule has 112 valence electrons. The zero-order chi connectivity index (χ0) is 15.3. The summed E-state index contributed by atoms with van der Waals surface area (Å²) < 4.78 is 1.47. The number of aryl methyl sites for hydroxylation is 2. The summed E-state index contributed by atoms with van der Waals surface area (Å²) in [6, 6.07) is 0. The molecular formula is C13H23N5O2. The van der Waals surface area contributed by atoms with E-state index >= 15 is 0 Å². The van der Waals surface area contributed by atoms with E-state index in [0.717, 1.165) is 12.8 Å². The number of amides is 2. The molecule has 0 aromatic carbocycles. The number of carbonyl (C=O) groups excluding carboxylic acids is 2. The molecule has 1 aromatic heterocycles. The number of nitrogen functional groups attached to an aromatic ring is 1. The first-order valence-corrected chi connectivity index (χ1v) is 6.81. The Hall–Kier alpha value is -2.05. The van der Waals surface area contributed by atoms with E-state index in [9.17, 15) is 9.59 Å². The molecule has 0 aliphatic heterocycles. The average molecular weight is 281 g/mol. The van der Waals surface area contributed by atoms with E-state index in [-0.39, 0.29) is 12.5 Å². The lowest BCUT2D eigenvalue weighted by Crippen LogP contribution is -2.40. The predicted octanol–water partition coefficient (Wildman–Crippen LogP) is 0.292. The summed E-state index contributed by atoms with van der Waals surface area (Å²) >= 11 is 0. The lowest BCUT2D eigenvalue weighted by atomic mass is 10.2. The number of unbranched alkanes of at least 4 members (excludes halogenated alkanes) is 1. The second kappa shape index (κ2) is 6.93. The monoisotopic (exact) mass is 281 g/mol. The lowest BCUT2D eigenvalue weighted by molar-refractivity contribution is -0.118. The van der Waals surface area contributed by atoms with Crippen molar-refractivity contribution >= 4 is 17.5 Å². The normalized spacial score (nSPS) is 10.6. The molecule has 20 heavy (non-hydrogen) atoms. The molecular weight excluding hydrogens is 258 g/mol. The van der Waals surface area contributed by atoms with Crippen LogP contribution >= 0.6 is 0 Å². The van der Waals surface area contributed by atoms with Gasteiger partial charge in [-0.25, -0.2) is 0 Å². The Morgan fingerprint density at radius 2 is 2.00 bits per heavy atom. The Kier molecular flexibility index (Phi) is 5.54. The standard InChI is InChI=1S/C13H23N5O2/c1-4-6-7-18(8-10(14)19)13(20)12-11(15)9(5-2)16-17(12)3/h4-8,15H2,1-3H3,(H2,14,19). The average Bonchev–Trinajstić information content (AvgIpc) is 2.68. The third-order valence-corrected chi connectivity index (χ3v) is 3.11. The molecule has 0 saturated carbocycles. The van der Waals surface area contributed by atoms with Gasteiger partial charge in [0.05, 0.1) is 17.9 Å². The molecule has 0 radical (unpaired) electrons. The van der Waals surface area contributed by atoms with Crippen molar-refractivity contribution in [3.8, 4) is 0 Å². The number of hydrogen-bond acceptors (Lipinski definition) is 4. The highest BCUT2D eigenvalue weighted by atomic mass is 16.2. The molecule has 7 nitrogen and oxygen atoms in total. The Morgan fingerprint density at radius 1 is 1.35 bits per heavy atom. The van der Waals surface area contributed by atoms with Crippen LogP contribution in [0.4, 0.5) is 5.69 Å². The smallest absolute Gasteiger partial charge is 0.274 e. The van der Waals surface area contributed by atoms with Gasteiger partial charge in [-0.1, -0.05) is 20.3 Å². The zero-order valence-corrected chi connectivity index (χ0v) is 12.3. The molecule has 0 aliphatic rings. The van der Waals surface area contributed by atoms with E-state index in [4.69, 9.17) is 11.5 Å². The number of hydrogen-bond donors (Lipinski definition) is 2. The maximum Gasteiger partial charge on any atom is 0.274 e. The fourth-order valence-corrected chi connectivity index (χ4v) is 2.05. The maximum atomic E-state index is 12.5. The van der Waals surface area contributed by atoms with Crippen molar-refractivity contribution in [2.45, 2.75) is 33.1 Å². The molecule has 0 spiro atoms. The second-order valence-electron chi connectivity index (χ2n) is 4.73. The first-order valence-electron chi connectivity index (χ1n) is 6.81. The van der Waals surface area contributed by atoms with Gasteiger partial charge < -0.3 is 16.4 Å². The topological polar surface area (TPSA) is 107 Å². The van der Waals surface area contributed by atoms with Gasteiger partial charge in [-0.3, -0.25) is 14.3 Å². The Balaban J connectivity index is 3.04. The minimum absolute atomic E-state index is 0.106. The number of aromatic nitrogens is 2. The number of rotatable bonds is 7. The highest BCUT2D eigenvalue weighted by molar-refractivity contribution is 5.99. The highest BCUT2D eigenvalue weighted by Gasteiger charge is 2.24. The van der Waals surface area contributed by atoms with Crippen molar-refractivity contribution in [2.75, 3.05) is 18.8 Å². The van der Waals surface area contributed by atoms with Gasteiger partial charge >= 0.3 is 0 Å². The van der Waals surface area contributed by atoms with Crippen LogP contribution in [0.1, 0.15) is 42.9 Å². The summed E-state index contributed by atoms with van der Waals surface area (Å²) in [6.07, 6.45) is 2.37. The lowest BCUT2D eigenvalue weighted by Gasteiger charge is -2.21. The molecule has 1 rings (SSSR count). The van der Waals surface area contributed by atoms with E-state index < -0.39 is 5.91 Å². The largest absolute Gasteiger partial charge is 0.395 e. The highest BCUT2D eigenvalue weighted by Crippen LogP contribution is 2.19. The summed E-state index contributed by atoms with van der Waals surface area (Å²) in [4.78, 5) is 25.1. The van der Waals surface area contributed by atoms with Gasteiger partial charge in [-0.2, -0.15) is 5.10 Å². The van der Waals surface area contributed by atoms with Gasteiger partial charge in [-0.05, 0) is 12.8 Å². The van der Waals surface area contributed by atoms with Crippen molar-refractivity contribution in [1.29, 1.82) is 0 Å².